The van der Waals surface area contributed by atoms with E-state index in [4.69, 9.17) is 10.5 Å². The molecule has 0 atom stereocenters. The van der Waals surface area contributed by atoms with Crippen molar-refractivity contribution in [2.75, 3.05) is 0 Å². The van der Waals surface area contributed by atoms with Gasteiger partial charge in [0.25, 0.3) is 0 Å². The number of hydrogen-bond acceptors (Lipinski definition) is 4. The number of hydrogen-bond donors (Lipinski definition) is 2. The fraction of sp³-hybridized carbons (Fsp3) is 0.267. The monoisotopic (exact) mass is 469 g/mol. The highest BCUT2D eigenvalue weighted by Crippen LogP contribution is 2.42. The van der Waals surface area contributed by atoms with Crippen molar-refractivity contribution in [2.24, 2.45) is 11.1 Å². The molecule has 0 unspecified atom stereocenters. The van der Waals surface area contributed by atoms with Gasteiger partial charge in [0.15, 0.2) is 5.60 Å². The molecule has 1 aliphatic heterocycles. The minimum atomic E-state index is -1.16. The molecule has 1 amide bonds. The first-order valence-electron chi connectivity index (χ1n) is 11.8. The molecule has 0 radical (unpaired) electrons. The maximum absolute atomic E-state index is 13.2. The predicted octanol–water partition coefficient (Wildman–Crippen LogP) is 5.34. The molecule has 1 aliphatic rings. The minimum absolute atomic E-state index is 0.00849. The van der Waals surface area contributed by atoms with Crippen LogP contribution >= 0.6 is 0 Å². The lowest BCUT2D eigenvalue weighted by molar-refractivity contribution is -0.148. The summed E-state index contributed by atoms with van der Waals surface area (Å²) >= 11 is 0. The van der Waals surface area contributed by atoms with Crippen LogP contribution in [0, 0.1) is 5.41 Å². The fourth-order valence-electron chi connectivity index (χ4n) is 4.90. The van der Waals surface area contributed by atoms with Crippen molar-refractivity contribution in [1.82, 2.24) is 0 Å². The van der Waals surface area contributed by atoms with E-state index < -0.39 is 17.5 Å². The van der Waals surface area contributed by atoms with E-state index in [2.05, 4.69) is 0 Å². The standard InChI is InChI=1S/C30H31NO4/c1-29(2,17-23-14-9-15-24(16-23)27(31)33)20-25-26(32)30(35-28(25)34,18-21-10-5-3-6-11-21)19-22-12-7-4-8-13-22/h3-16,32H,17-20H2,1-2H3,(H2,31,33). The summed E-state index contributed by atoms with van der Waals surface area (Å²) < 4.78 is 6.00. The zero-order chi connectivity index (χ0) is 25.1. The van der Waals surface area contributed by atoms with E-state index in [1.807, 2.05) is 80.6 Å². The SMILES string of the molecule is CC(C)(CC1=C(O)C(Cc2ccccc2)(Cc2ccccc2)OC1=O)Cc1cccc(C(N)=O)c1. The van der Waals surface area contributed by atoms with E-state index in [1.165, 1.54) is 0 Å². The molecule has 35 heavy (non-hydrogen) atoms. The summed E-state index contributed by atoms with van der Waals surface area (Å²) in [6.07, 6.45) is 1.70. The van der Waals surface area contributed by atoms with Crippen molar-refractivity contribution in [3.63, 3.8) is 0 Å². The van der Waals surface area contributed by atoms with Crippen molar-refractivity contribution < 1.29 is 19.4 Å². The Kier molecular flexibility index (Phi) is 6.79. The number of amides is 1. The molecule has 0 aliphatic carbocycles. The summed E-state index contributed by atoms with van der Waals surface area (Å²) in [6.45, 7) is 4.07. The van der Waals surface area contributed by atoms with Crippen molar-refractivity contribution in [3.8, 4) is 0 Å². The lowest BCUT2D eigenvalue weighted by Gasteiger charge is -2.29. The molecule has 0 saturated heterocycles. The van der Waals surface area contributed by atoms with Gasteiger partial charge in [0, 0.05) is 18.4 Å². The zero-order valence-electron chi connectivity index (χ0n) is 20.2. The molecule has 0 bridgehead atoms. The molecule has 3 N–H and O–H groups in total. The number of primary amides is 1. The highest BCUT2D eigenvalue weighted by atomic mass is 16.6. The molecule has 5 nitrogen and oxygen atoms in total. The van der Waals surface area contributed by atoms with Gasteiger partial charge >= 0.3 is 5.97 Å². The van der Waals surface area contributed by atoms with Crippen LogP contribution in [0.2, 0.25) is 0 Å². The maximum Gasteiger partial charge on any atom is 0.338 e. The number of aliphatic hydroxyl groups excluding tert-OH is 1. The molecule has 0 fully saturated rings. The molecule has 3 aromatic carbocycles. The van der Waals surface area contributed by atoms with Crippen LogP contribution < -0.4 is 5.73 Å². The molecular formula is C30H31NO4. The molecule has 4 rings (SSSR count). The van der Waals surface area contributed by atoms with E-state index in [-0.39, 0.29) is 11.2 Å². The van der Waals surface area contributed by atoms with Gasteiger partial charge in [-0.3, -0.25) is 4.79 Å². The third-order valence-corrected chi connectivity index (χ3v) is 6.47. The predicted molar refractivity (Wildman–Crippen MR) is 136 cm³/mol. The van der Waals surface area contributed by atoms with Gasteiger partial charge in [-0.1, -0.05) is 86.6 Å². The van der Waals surface area contributed by atoms with Gasteiger partial charge in [-0.15, -0.1) is 0 Å². The second kappa shape index (κ2) is 9.79. The lowest BCUT2D eigenvalue weighted by atomic mass is 9.78. The van der Waals surface area contributed by atoms with Crippen molar-refractivity contribution in [2.45, 2.75) is 45.1 Å². The minimum Gasteiger partial charge on any atom is -0.507 e. The summed E-state index contributed by atoms with van der Waals surface area (Å²) in [4.78, 5) is 24.7. The van der Waals surface area contributed by atoms with Crippen LogP contribution in [0.25, 0.3) is 0 Å². The summed E-state index contributed by atoms with van der Waals surface area (Å²) in [5.41, 5.74) is 7.56. The Hall–Kier alpha value is -3.86. The summed E-state index contributed by atoms with van der Waals surface area (Å²) in [7, 11) is 0. The smallest absolute Gasteiger partial charge is 0.338 e. The van der Waals surface area contributed by atoms with Gasteiger partial charge in [-0.05, 0) is 47.1 Å². The number of benzene rings is 3. The van der Waals surface area contributed by atoms with E-state index in [0.29, 0.717) is 36.8 Å². The van der Waals surface area contributed by atoms with Crippen molar-refractivity contribution in [1.29, 1.82) is 0 Å². The van der Waals surface area contributed by atoms with Crippen LogP contribution in [0.4, 0.5) is 0 Å². The Balaban J connectivity index is 1.65. The Morgan fingerprint density at radius 1 is 0.857 bits per heavy atom. The van der Waals surface area contributed by atoms with Gasteiger partial charge in [0.05, 0.1) is 5.57 Å². The van der Waals surface area contributed by atoms with Gasteiger partial charge in [0.1, 0.15) is 5.76 Å². The molecule has 1 heterocycles. The number of carbonyl (C=O) groups excluding carboxylic acids is 2. The fourth-order valence-corrected chi connectivity index (χ4v) is 4.90. The van der Waals surface area contributed by atoms with E-state index >= 15 is 0 Å². The number of esters is 1. The molecule has 0 spiro atoms. The largest absolute Gasteiger partial charge is 0.507 e. The normalized spacial score (nSPS) is 15.2. The number of nitrogens with two attached hydrogens (primary N) is 1. The highest BCUT2D eigenvalue weighted by Gasteiger charge is 2.49. The molecule has 5 heteroatoms. The molecular weight excluding hydrogens is 438 g/mol. The Bertz CT molecular complexity index is 1200. The van der Waals surface area contributed by atoms with Crippen LogP contribution in [0.15, 0.2) is 96.3 Å². The van der Waals surface area contributed by atoms with Crippen LogP contribution in [-0.4, -0.2) is 22.6 Å². The van der Waals surface area contributed by atoms with Gasteiger partial charge < -0.3 is 15.6 Å². The zero-order valence-corrected chi connectivity index (χ0v) is 20.2. The van der Waals surface area contributed by atoms with Crippen LogP contribution in [0.3, 0.4) is 0 Å². The van der Waals surface area contributed by atoms with Crippen molar-refractivity contribution in [3.05, 3.63) is 119 Å². The molecule has 0 saturated carbocycles. The molecule has 3 aromatic rings. The number of rotatable bonds is 9. The van der Waals surface area contributed by atoms with Crippen LogP contribution in [0.5, 0.6) is 0 Å². The number of ether oxygens (including phenoxy) is 1. The summed E-state index contributed by atoms with van der Waals surface area (Å²) in [6, 6.07) is 26.7. The second-order valence-electron chi connectivity index (χ2n) is 10.1. The quantitative estimate of drug-likeness (QED) is 0.414. The maximum atomic E-state index is 13.2. The molecule has 180 valence electrons. The topological polar surface area (TPSA) is 89.6 Å². The van der Waals surface area contributed by atoms with Crippen molar-refractivity contribution >= 4 is 11.9 Å². The van der Waals surface area contributed by atoms with Gasteiger partial charge in [-0.25, -0.2) is 4.79 Å². The average Bonchev–Trinajstić information content (AvgIpc) is 3.03. The Morgan fingerprint density at radius 2 is 1.40 bits per heavy atom. The number of carbonyl (C=O) groups is 2. The third kappa shape index (κ3) is 5.62. The summed E-state index contributed by atoms with van der Waals surface area (Å²) in [5.74, 6) is -0.946. The first-order valence-corrected chi connectivity index (χ1v) is 11.8. The van der Waals surface area contributed by atoms with E-state index in [0.717, 1.165) is 16.7 Å². The van der Waals surface area contributed by atoms with Gasteiger partial charge in [0.2, 0.25) is 5.91 Å². The number of aliphatic hydroxyl groups is 1. The number of cyclic esters (lactones) is 1. The van der Waals surface area contributed by atoms with Gasteiger partial charge in [-0.2, -0.15) is 0 Å². The van der Waals surface area contributed by atoms with Crippen LogP contribution in [0.1, 0.15) is 47.3 Å². The average molecular weight is 470 g/mol. The highest BCUT2D eigenvalue weighted by molar-refractivity contribution is 5.93. The summed E-state index contributed by atoms with van der Waals surface area (Å²) in [5, 5.41) is 11.5. The van der Waals surface area contributed by atoms with Crippen LogP contribution in [-0.2, 0) is 28.8 Å². The molecule has 0 aromatic heterocycles. The first kappa shape index (κ1) is 24.3. The Morgan fingerprint density at radius 3 is 1.94 bits per heavy atom. The first-order chi connectivity index (χ1) is 16.7. The van der Waals surface area contributed by atoms with E-state index in [1.54, 1.807) is 18.2 Å². The third-order valence-electron chi connectivity index (χ3n) is 6.47. The lowest BCUT2D eigenvalue weighted by Crippen LogP contribution is -2.37. The Labute approximate surface area is 206 Å². The second-order valence-corrected chi connectivity index (χ2v) is 10.1. The van der Waals surface area contributed by atoms with E-state index in [9.17, 15) is 14.7 Å².